The number of hydrogen-bond donors (Lipinski definition) is 1. The largest absolute Gasteiger partial charge is 0.494 e. The van der Waals surface area contributed by atoms with Gasteiger partial charge in [-0.15, -0.1) is 0 Å². The summed E-state index contributed by atoms with van der Waals surface area (Å²) in [5.74, 6) is -0.0473. The summed E-state index contributed by atoms with van der Waals surface area (Å²) in [4.78, 5) is 4.94. The van der Waals surface area contributed by atoms with Crippen molar-refractivity contribution in [2.75, 3.05) is 0 Å². The van der Waals surface area contributed by atoms with Crippen LogP contribution in [-0.4, -0.2) is 14.7 Å². The SMILES string of the molecule is Oc1c2c(CC(c3ccccc3)c3ccccc3)c3ncccc3c(C=Cc3ccccc3)c2cn1Cc1ccc(F)cc1. The quantitative estimate of drug-likeness (QED) is 0.184. The Labute approximate surface area is 256 Å². The Bertz CT molecular complexity index is 2030. The number of benzene rings is 5. The van der Waals surface area contributed by atoms with Crippen molar-refractivity contribution in [2.24, 2.45) is 0 Å². The van der Waals surface area contributed by atoms with Crippen LogP contribution < -0.4 is 0 Å². The lowest BCUT2D eigenvalue weighted by molar-refractivity contribution is 0.430. The van der Waals surface area contributed by atoms with E-state index >= 15 is 0 Å². The molecule has 0 bridgehead atoms. The molecule has 0 spiro atoms. The highest BCUT2D eigenvalue weighted by Crippen LogP contribution is 2.42. The third kappa shape index (κ3) is 5.38. The molecule has 0 amide bonds. The molecule has 7 rings (SSSR count). The molecule has 0 aliphatic rings. The summed E-state index contributed by atoms with van der Waals surface area (Å²) in [6.07, 6.45) is 8.73. The van der Waals surface area contributed by atoms with Crippen LogP contribution in [0.3, 0.4) is 0 Å². The van der Waals surface area contributed by atoms with E-state index in [4.69, 9.17) is 4.98 Å². The number of hydrogen-bond acceptors (Lipinski definition) is 2. The van der Waals surface area contributed by atoms with Gasteiger partial charge in [0.2, 0.25) is 0 Å². The molecule has 0 aliphatic carbocycles. The number of aromatic hydroxyl groups is 1. The van der Waals surface area contributed by atoms with Crippen molar-refractivity contribution in [1.29, 1.82) is 0 Å². The molecular formula is C40H31FN2O. The smallest absolute Gasteiger partial charge is 0.199 e. The number of aromatic nitrogens is 2. The van der Waals surface area contributed by atoms with E-state index in [-0.39, 0.29) is 17.6 Å². The monoisotopic (exact) mass is 574 g/mol. The highest BCUT2D eigenvalue weighted by atomic mass is 19.1. The minimum Gasteiger partial charge on any atom is -0.494 e. The average Bonchev–Trinajstić information content (AvgIpc) is 3.40. The standard InChI is InChI=1S/C40H31FN2O/c41-32-21-18-29(19-22-32)26-43-27-37-33(23-20-28-11-4-1-5-12-28)34-17-10-24-42-39(34)36(38(37)40(43)44)25-35(30-13-6-2-7-14-30)31-15-8-3-9-16-31/h1-24,27,35,44H,25-26H2. The van der Waals surface area contributed by atoms with Crippen LogP contribution in [-0.2, 0) is 13.0 Å². The average molecular weight is 575 g/mol. The molecule has 2 heterocycles. The second kappa shape index (κ2) is 12.0. The van der Waals surface area contributed by atoms with Crippen LogP contribution in [0.5, 0.6) is 5.88 Å². The zero-order valence-electron chi connectivity index (χ0n) is 24.1. The topological polar surface area (TPSA) is 38.1 Å². The van der Waals surface area contributed by atoms with Gasteiger partial charge in [-0.05, 0) is 58.0 Å². The Hall–Kier alpha value is -5.48. The van der Waals surface area contributed by atoms with Gasteiger partial charge in [-0.1, -0.05) is 121 Å². The van der Waals surface area contributed by atoms with E-state index in [1.54, 1.807) is 12.1 Å². The second-order valence-corrected chi connectivity index (χ2v) is 11.1. The van der Waals surface area contributed by atoms with Crippen molar-refractivity contribution in [1.82, 2.24) is 9.55 Å². The van der Waals surface area contributed by atoms with Crippen molar-refractivity contribution in [2.45, 2.75) is 18.9 Å². The van der Waals surface area contributed by atoms with Gasteiger partial charge in [0, 0.05) is 34.5 Å². The predicted octanol–water partition coefficient (Wildman–Crippen LogP) is 9.63. The molecular weight excluding hydrogens is 543 g/mol. The van der Waals surface area contributed by atoms with Gasteiger partial charge in [0.15, 0.2) is 5.88 Å². The lowest BCUT2D eigenvalue weighted by atomic mass is 9.83. The number of pyridine rings is 1. The molecule has 1 N–H and O–H groups in total. The third-order valence-electron chi connectivity index (χ3n) is 8.35. The van der Waals surface area contributed by atoms with E-state index in [9.17, 15) is 9.50 Å². The van der Waals surface area contributed by atoms with Gasteiger partial charge >= 0.3 is 0 Å². The summed E-state index contributed by atoms with van der Waals surface area (Å²) in [6.45, 7) is 0.409. The minimum atomic E-state index is -0.281. The van der Waals surface area contributed by atoms with Crippen molar-refractivity contribution < 1.29 is 9.50 Å². The third-order valence-corrected chi connectivity index (χ3v) is 8.35. The van der Waals surface area contributed by atoms with Gasteiger partial charge in [0.05, 0.1) is 12.1 Å². The van der Waals surface area contributed by atoms with Crippen molar-refractivity contribution >= 4 is 33.8 Å². The molecule has 2 aromatic heterocycles. The van der Waals surface area contributed by atoms with Crippen molar-refractivity contribution in [3.63, 3.8) is 0 Å². The van der Waals surface area contributed by atoms with E-state index in [0.29, 0.717) is 13.0 Å². The Balaban J connectivity index is 1.47. The number of nitrogens with zero attached hydrogens (tertiary/aromatic N) is 2. The fraction of sp³-hybridized carbons (Fsp3) is 0.0750. The van der Waals surface area contributed by atoms with Gasteiger partial charge in [-0.3, -0.25) is 4.98 Å². The first-order valence-electron chi connectivity index (χ1n) is 14.8. The van der Waals surface area contributed by atoms with Gasteiger partial charge < -0.3 is 9.67 Å². The molecule has 0 atom stereocenters. The van der Waals surface area contributed by atoms with Crippen LogP contribution in [0, 0.1) is 5.82 Å². The molecule has 214 valence electrons. The normalized spacial score (nSPS) is 11.7. The molecule has 4 heteroatoms. The molecule has 0 saturated carbocycles. The van der Waals surface area contributed by atoms with Crippen molar-refractivity contribution in [3.05, 3.63) is 179 Å². The van der Waals surface area contributed by atoms with Crippen LogP contribution in [0.15, 0.2) is 140 Å². The summed E-state index contributed by atoms with van der Waals surface area (Å²) in [5.41, 5.74) is 7.27. The zero-order valence-corrected chi connectivity index (χ0v) is 24.1. The molecule has 44 heavy (non-hydrogen) atoms. The Morgan fingerprint density at radius 1 is 0.705 bits per heavy atom. The van der Waals surface area contributed by atoms with Crippen LogP contribution >= 0.6 is 0 Å². The Kier molecular flexibility index (Phi) is 7.47. The molecule has 0 saturated heterocycles. The number of halogens is 1. The molecule has 5 aromatic carbocycles. The van der Waals surface area contributed by atoms with E-state index in [1.807, 2.05) is 53.4 Å². The molecule has 0 aliphatic heterocycles. The van der Waals surface area contributed by atoms with Gasteiger partial charge in [-0.25, -0.2) is 4.39 Å². The maximum Gasteiger partial charge on any atom is 0.199 e. The van der Waals surface area contributed by atoms with Crippen LogP contribution in [0.1, 0.15) is 39.3 Å². The van der Waals surface area contributed by atoms with E-state index in [1.165, 1.54) is 23.3 Å². The van der Waals surface area contributed by atoms with Gasteiger partial charge in [0.25, 0.3) is 0 Å². The van der Waals surface area contributed by atoms with Crippen molar-refractivity contribution in [3.8, 4) is 5.88 Å². The number of fused-ring (bicyclic) bond motifs is 2. The van der Waals surface area contributed by atoms with Crippen LogP contribution in [0.2, 0.25) is 0 Å². The van der Waals surface area contributed by atoms with E-state index in [0.717, 1.165) is 43.9 Å². The molecule has 0 radical (unpaired) electrons. The lowest BCUT2D eigenvalue weighted by Crippen LogP contribution is -2.07. The predicted molar refractivity (Wildman–Crippen MR) is 178 cm³/mol. The number of rotatable bonds is 8. The second-order valence-electron chi connectivity index (χ2n) is 11.1. The fourth-order valence-corrected chi connectivity index (χ4v) is 6.21. The molecule has 0 unspecified atom stereocenters. The van der Waals surface area contributed by atoms with E-state index < -0.39 is 0 Å². The summed E-state index contributed by atoms with van der Waals surface area (Å²) < 4.78 is 15.6. The summed E-state index contributed by atoms with van der Waals surface area (Å²) >= 11 is 0. The summed E-state index contributed by atoms with van der Waals surface area (Å²) in [6, 6.07) is 41.8. The fourth-order valence-electron chi connectivity index (χ4n) is 6.21. The van der Waals surface area contributed by atoms with E-state index in [2.05, 4.69) is 78.9 Å². The summed E-state index contributed by atoms with van der Waals surface area (Å²) in [5, 5.41) is 14.7. The van der Waals surface area contributed by atoms with Crippen LogP contribution in [0.25, 0.3) is 33.8 Å². The molecule has 0 fully saturated rings. The molecule has 3 nitrogen and oxygen atoms in total. The first kappa shape index (κ1) is 27.4. The first-order chi connectivity index (χ1) is 21.7. The maximum atomic E-state index is 13.7. The maximum absolute atomic E-state index is 13.7. The first-order valence-corrected chi connectivity index (χ1v) is 14.8. The highest BCUT2D eigenvalue weighted by Gasteiger charge is 2.24. The van der Waals surface area contributed by atoms with Crippen LogP contribution in [0.4, 0.5) is 4.39 Å². The lowest BCUT2D eigenvalue weighted by Gasteiger charge is -2.21. The zero-order chi connectivity index (χ0) is 29.9. The van der Waals surface area contributed by atoms with Gasteiger partial charge in [-0.2, -0.15) is 0 Å². The Morgan fingerprint density at radius 2 is 1.34 bits per heavy atom. The van der Waals surface area contributed by atoms with Gasteiger partial charge in [0.1, 0.15) is 5.82 Å². The Morgan fingerprint density at radius 3 is 2.00 bits per heavy atom. The highest BCUT2D eigenvalue weighted by molar-refractivity contribution is 6.11. The summed E-state index contributed by atoms with van der Waals surface area (Å²) in [7, 11) is 0. The minimum absolute atomic E-state index is 0.0522. The molecule has 7 aromatic rings.